The van der Waals surface area contributed by atoms with Crippen molar-refractivity contribution in [1.29, 1.82) is 0 Å². The predicted octanol–water partition coefficient (Wildman–Crippen LogP) is 1.21. The molecule has 2 aromatic heterocycles. The van der Waals surface area contributed by atoms with Crippen molar-refractivity contribution in [3.05, 3.63) is 40.3 Å². The first-order valence-corrected chi connectivity index (χ1v) is 8.86. The molecule has 25 heavy (non-hydrogen) atoms. The van der Waals surface area contributed by atoms with Gasteiger partial charge in [-0.15, -0.1) is 12.4 Å². The van der Waals surface area contributed by atoms with Gasteiger partial charge in [0.25, 0.3) is 0 Å². The molecule has 6 nitrogen and oxygen atoms in total. The molecule has 0 aliphatic carbocycles. The topological polar surface area (TPSA) is 64.3 Å². The van der Waals surface area contributed by atoms with E-state index < -0.39 is 0 Å². The highest BCUT2D eigenvalue weighted by Gasteiger charge is 2.32. The van der Waals surface area contributed by atoms with Gasteiger partial charge in [-0.1, -0.05) is 0 Å². The van der Waals surface area contributed by atoms with Crippen LogP contribution < -0.4 is 10.9 Å². The molecule has 7 heteroatoms. The maximum atomic E-state index is 12.0. The zero-order valence-electron chi connectivity index (χ0n) is 14.6. The van der Waals surface area contributed by atoms with E-state index in [4.69, 9.17) is 0 Å². The molecule has 2 fully saturated rings. The molecular formula is C18H26ClN5O. The number of pyridine rings is 2. The third-order valence-corrected chi connectivity index (χ3v) is 5.32. The van der Waals surface area contributed by atoms with Crippen LogP contribution in [0.25, 0.3) is 11.0 Å². The highest BCUT2D eigenvalue weighted by molar-refractivity contribution is 5.85. The van der Waals surface area contributed by atoms with E-state index >= 15 is 0 Å². The highest BCUT2D eigenvalue weighted by Crippen LogP contribution is 2.22. The highest BCUT2D eigenvalue weighted by atomic mass is 35.5. The Balaban J connectivity index is 0.00000182. The first-order valence-electron chi connectivity index (χ1n) is 8.86. The minimum absolute atomic E-state index is 0. The van der Waals surface area contributed by atoms with Gasteiger partial charge < -0.3 is 10.3 Å². The van der Waals surface area contributed by atoms with Crippen LogP contribution in [0.3, 0.4) is 0 Å². The SMILES string of the molecule is C[C@@H]1CN(Cc2cc(=O)[nH]c3ncccc23)C[C@@H]2CCNCCN21.Cl. The lowest BCUT2D eigenvalue weighted by Gasteiger charge is -2.45. The second kappa shape index (κ2) is 7.83. The lowest BCUT2D eigenvalue weighted by molar-refractivity contribution is 0.0321. The summed E-state index contributed by atoms with van der Waals surface area (Å²) in [6, 6.07) is 6.87. The summed E-state index contributed by atoms with van der Waals surface area (Å²) >= 11 is 0. The minimum Gasteiger partial charge on any atom is -0.315 e. The number of aromatic nitrogens is 2. The smallest absolute Gasteiger partial charge is 0.249 e. The van der Waals surface area contributed by atoms with Gasteiger partial charge in [-0.2, -0.15) is 0 Å². The minimum atomic E-state index is -0.0680. The quantitative estimate of drug-likeness (QED) is 0.839. The number of nitrogens with one attached hydrogen (secondary N) is 2. The first kappa shape index (κ1) is 18.3. The van der Waals surface area contributed by atoms with Gasteiger partial charge in [0, 0.05) is 62.5 Å². The Bertz CT molecular complexity index is 779. The molecule has 2 aliphatic rings. The van der Waals surface area contributed by atoms with Crippen molar-refractivity contribution in [2.45, 2.75) is 32.0 Å². The van der Waals surface area contributed by atoms with Crippen LogP contribution in [0.4, 0.5) is 0 Å². The fourth-order valence-electron chi connectivity index (χ4n) is 4.23. The van der Waals surface area contributed by atoms with Gasteiger partial charge in [-0.3, -0.25) is 14.6 Å². The summed E-state index contributed by atoms with van der Waals surface area (Å²) in [6.45, 7) is 8.57. The van der Waals surface area contributed by atoms with Crippen LogP contribution in [-0.4, -0.2) is 64.6 Å². The fraction of sp³-hybridized carbons (Fsp3) is 0.556. The average molecular weight is 364 g/mol. The molecule has 0 radical (unpaired) electrons. The Morgan fingerprint density at radius 1 is 1.32 bits per heavy atom. The molecule has 136 valence electrons. The van der Waals surface area contributed by atoms with Crippen LogP contribution in [-0.2, 0) is 6.54 Å². The molecule has 2 N–H and O–H groups in total. The van der Waals surface area contributed by atoms with Crippen LogP contribution in [0.5, 0.6) is 0 Å². The number of halogens is 1. The van der Waals surface area contributed by atoms with Crippen molar-refractivity contribution in [3.8, 4) is 0 Å². The van der Waals surface area contributed by atoms with E-state index in [1.807, 2.05) is 12.1 Å². The summed E-state index contributed by atoms with van der Waals surface area (Å²) in [6.07, 6.45) is 2.92. The van der Waals surface area contributed by atoms with E-state index in [9.17, 15) is 4.79 Å². The zero-order valence-corrected chi connectivity index (χ0v) is 15.4. The summed E-state index contributed by atoms with van der Waals surface area (Å²) in [5.74, 6) is 0. The average Bonchev–Trinajstić information content (AvgIpc) is 2.80. The van der Waals surface area contributed by atoms with E-state index in [1.54, 1.807) is 12.3 Å². The maximum Gasteiger partial charge on any atom is 0.249 e. The fourth-order valence-corrected chi connectivity index (χ4v) is 4.23. The molecule has 0 bridgehead atoms. The lowest BCUT2D eigenvalue weighted by Crippen LogP contribution is -2.57. The third kappa shape index (κ3) is 3.87. The summed E-state index contributed by atoms with van der Waals surface area (Å²) in [5, 5.41) is 4.56. The van der Waals surface area contributed by atoms with E-state index in [-0.39, 0.29) is 18.0 Å². The van der Waals surface area contributed by atoms with Gasteiger partial charge in [0.05, 0.1) is 0 Å². The van der Waals surface area contributed by atoms with Gasteiger partial charge in [0.2, 0.25) is 5.56 Å². The van der Waals surface area contributed by atoms with Gasteiger partial charge in [-0.25, -0.2) is 4.98 Å². The zero-order chi connectivity index (χ0) is 16.5. The normalized spacial score (nSPS) is 25.2. The molecule has 0 saturated carbocycles. The lowest BCUT2D eigenvalue weighted by atomic mass is 10.0. The van der Waals surface area contributed by atoms with Gasteiger partial charge in [0.1, 0.15) is 5.65 Å². The molecule has 0 aromatic carbocycles. The second-order valence-corrected chi connectivity index (χ2v) is 7.03. The van der Waals surface area contributed by atoms with Gasteiger partial charge in [0.15, 0.2) is 0 Å². The Morgan fingerprint density at radius 2 is 2.20 bits per heavy atom. The molecule has 2 atom stereocenters. The predicted molar refractivity (Wildman–Crippen MR) is 102 cm³/mol. The number of fused-ring (bicyclic) bond motifs is 2. The molecule has 2 saturated heterocycles. The molecule has 2 aliphatic heterocycles. The molecule has 2 aromatic rings. The van der Waals surface area contributed by atoms with Crippen LogP contribution in [0, 0.1) is 0 Å². The van der Waals surface area contributed by atoms with Crippen LogP contribution in [0.15, 0.2) is 29.2 Å². The first-order chi connectivity index (χ1) is 11.7. The number of aromatic amines is 1. The number of hydrogen-bond donors (Lipinski definition) is 2. The van der Waals surface area contributed by atoms with Crippen molar-refractivity contribution in [2.24, 2.45) is 0 Å². The summed E-state index contributed by atoms with van der Waals surface area (Å²) in [5.41, 5.74) is 1.70. The van der Waals surface area contributed by atoms with Crippen molar-refractivity contribution in [1.82, 2.24) is 25.1 Å². The molecule has 4 heterocycles. The van der Waals surface area contributed by atoms with Crippen LogP contribution in [0.2, 0.25) is 0 Å². The molecule has 0 spiro atoms. The van der Waals surface area contributed by atoms with Crippen molar-refractivity contribution >= 4 is 23.4 Å². The Hall–Kier alpha value is -1.47. The largest absolute Gasteiger partial charge is 0.315 e. The van der Waals surface area contributed by atoms with E-state index in [0.717, 1.165) is 50.2 Å². The van der Waals surface area contributed by atoms with Crippen LogP contribution in [0.1, 0.15) is 18.9 Å². The number of hydrogen-bond acceptors (Lipinski definition) is 5. The van der Waals surface area contributed by atoms with Crippen molar-refractivity contribution < 1.29 is 0 Å². The number of H-pyrrole nitrogens is 1. The number of rotatable bonds is 2. The molecule has 0 amide bonds. The third-order valence-electron chi connectivity index (χ3n) is 5.32. The standard InChI is InChI=1S/C18H25N5O.ClH/c1-13-10-22(12-15-4-6-19-7-8-23(13)15)11-14-9-17(24)21-18-16(14)3-2-5-20-18;/h2-3,5,9,13,15,19H,4,6-8,10-12H2,1H3,(H,20,21,24);1H/t13-,15+;/m1./s1. The van der Waals surface area contributed by atoms with E-state index in [0.29, 0.717) is 17.7 Å². The Morgan fingerprint density at radius 3 is 3.08 bits per heavy atom. The molecule has 4 rings (SSSR count). The maximum absolute atomic E-state index is 12.0. The van der Waals surface area contributed by atoms with E-state index in [2.05, 4.69) is 32.0 Å². The van der Waals surface area contributed by atoms with Crippen molar-refractivity contribution in [3.63, 3.8) is 0 Å². The van der Waals surface area contributed by atoms with Crippen LogP contribution >= 0.6 is 12.4 Å². The second-order valence-electron chi connectivity index (χ2n) is 7.03. The number of piperazine rings is 1. The number of nitrogens with zero attached hydrogens (tertiary/aromatic N) is 3. The molecular weight excluding hydrogens is 338 g/mol. The summed E-state index contributed by atoms with van der Waals surface area (Å²) in [7, 11) is 0. The van der Waals surface area contributed by atoms with E-state index in [1.165, 1.54) is 6.42 Å². The Kier molecular flexibility index (Phi) is 5.74. The summed E-state index contributed by atoms with van der Waals surface area (Å²) < 4.78 is 0. The summed E-state index contributed by atoms with van der Waals surface area (Å²) in [4.78, 5) is 24.2. The molecule has 0 unspecified atom stereocenters. The van der Waals surface area contributed by atoms with Gasteiger partial charge >= 0.3 is 0 Å². The monoisotopic (exact) mass is 363 g/mol. The van der Waals surface area contributed by atoms with Gasteiger partial charge in [-0.05, 0) is 37.6 Å². The van der Waals surface area contributed by atoms with Crippen molar-refractivity contribution in [2.75, 3.05) is 32.7 Å². The Labute approximate surface area is 154 Å².